The van der Waals surface area contributed by atoms with Crippen LogP contribution in [0.3, 0.4) is 0 Å². The summed E-state index contributed by atoms with van der Waals surface area (Å²) in [7, 11) is -4.48. The fraction of sp³-hybridized carbons (Fsp3) is 0. The third kappa shape index (κ3) is 3.15. The highest BCUT2D eigenvalue weighted by Crippen LogP contribution is 2.33. The zero-order valence-electron chi connectivity index (χ0n) is 14.4. The fourth-order valence-electron chi connectivity index (χ4n) is 3.12. The van der Waals surface area contributed by atoms with E-state index in [0.29, 0.717) is 22.1 Å². The number of rotatable bonds is 4. The average molecular weight is 394 g/mol. The maximum absolute atomic E-state index is 12.0. The van der Waals surface area contributed by atoms with Crippen molar-refractivity contribution in [3.05, 3.63) is 72.8 Å². The Hall–Kier alpha value is -3.49. The van der Waals surface area contributed by atoms with Crippen LogP contribution in [0.2, 0.25) is 0 Å². The molecular formula is C20H14N2O5S. The van der Waals surface area contributed by atoms with Gasteiger partial charge in [0.1, 0.15) is 4.90 Å². The minimum Gasteiger partial charge on any atom is -0.354 e. The summed E-state index contributed by atoms with van der Waals surface area (Å²) in [5, 5.41) is 4.04. The van der Waals surface area contributed by atoms with Gasteiger partial charge in [0.2, 0.25) is 0 Å². The Kier molecular flexibility index (Phi) is 4.21. The monoisotopic (exact) mass is 394 g/mol. The van der Waals surface area contributed by atoms with E-state index in [1.807, 2.05) is 0 Å². The van der Waals surface area contributed by atoms with Crippen molar-refractivity contribution in [3.8, 4) is 0 Å². The highest BCUT2D eigenvalue weighted by Gasteiger charge is 2.25. The number of hydrogen-bond donors (Lipinski definition) is 2. The number of amides is 2. The Bertz CT molecular complexity index is 1230. The maximum Gasteiger partial charge on any atom is 0.297 e. The second-order valence-electron chi connectivity index (χ2n) is 6.16. The van der Waals surface area contributed by atoms with Crippen LogP contribution >= 0.6 is 0 Å². The van der Waals surface area contributed by atoms with E-state index < -0.39 is 21.9 Å². The topological polar surface area (TPSA) is 104 Å². The normalized spacial score (nSPS) is 14.1. The third-order valence-electron chi connectivity index (χ3n) is 4.35. The van der Waals surface area contributed by atoms with Gasteiger partial charge in [0, 0.05) is 23.2 Å². The van der Waals surface area contributed by atoms with Gasteiger partial charge in [0.15, 0.2) is 0 Å². The van der Waals surface area contributed by atoms with Crippen molar-refractivity contribution in [2.45, 2.75) is 4.90 Å². The number of carbonyl (C=O) groups excluding carboxylic acids is 2. The molecule has 0 radical (unpaired) electrons. The molecule has 0 fully saturated rings. The molecule has 0 spiro atoms. The molecule has 1 heterocycles. The minimum atomic E-state index is -4.48. The Morgan fingerprint density at radius 1 is 0.821 bits per heavy atom. The first kappa shape index (κ1) is 17.9. The SMILES string of the molecule is O=C1C=CC(=O)N1c1ccc(Nc2ccc3ccccc3c2S(=O)(=O)O)cc1. The molecule has 7 nitrogen and oxygen atoms in total. The lowest BCUT2D eigenvalue weighted by molar-refractivity contribution is -0.119. The van der Waals surface area contributed by atoms with E-state index in [0.717, 1.165) is 4.90 Å². The van der Waals surface area contributed by atoms with Crippen LogP contribution in [0.15, 0.2) is 77.7 Å². The minimum absolute atomic E-state index is 0.212. The van der Waals surface area contributed by atoms with E-state index in [4.69, 9.17) is 0 Å². The molecule has 140 valence electrons. The quantitative estimate of drug-likeness (QED) is 0.520. The highest BCUT2D eigenvalue weighted by molar-refractivity contribution is 7.86. The lowest BCUT2D eigenvalue weighted by atomic mass is 10.1. The zero-order valence-corrected chi connectivity index (χ0v) is 15.2. The summed E-state index contributed by atoms with van der Waals surface area (Å²) in [6, 6.07) is 16.5. The smallest absolute Gasteiger partial charge is 0.297 e. The van der Waals surface area contributed by atoms with Gasteiger partial charge in [-0.25, -0.2) is 4.90 Å². The Labute approximate surface area is 160 Å². The molecule has 2 amide bonds. The van der Waals surface area contributed by atoms with Gasteiger partial charge in [-0.2, -0.15) is 8.42 Å². The fourth-order valence-corrected chi connectivity index (χ4v) is 3.98. The summed E-state index contributed by atoms with van der Waals surface area (Å²) >= 11 is 0. The first-order valence-corrected chi connectivity index (χ1v) is 9.71. The molecule has 0 aliphatic carbocycles. The predicted molar refractivity (Wildman–Crippen MR) is 105 cm³/mol. The van der Waals surface area contributed by atoms with E-state index in [2.05, 4.69) is 5.32 Å². The molecule has 0 unspecified atom stereocenters. The number of nitrogens with zero attached hydrogens (tertiary/aromatic N) is 1. The van der Waals surface area contributed by atoms with Crippen molar-refractivity contribution in [2.24, 2.45) is 0 Å². The van der Waals surface area contributed by atoms with Crippen molar-refractivity contribution < 1.29 is 22.6 Å². The molecule has 3 aromatic rings. The molecule has 0 saturated heterocycles. The largest absolute Gasteiger partial charge is 0.354 e. The van der Waals surface area contributed by atoms with Crippen molar-refractivity contribution in [1.29, 1.82) is 0 Å². The summed E-state index contributed by atoms with van der Waals surface area (Å²) < 4.78 is 33.7. The van der Waals surface area contributed by atoms with Crippen LogP contribution in [0.1, 0.15) is 0 Å². The van der Waals surface area contributed by atoms with E-state index in [-0.39, 0.29) is 10.6 Å². The van der Waals surface area contributed by atoms with Crippen molar-refractivity contribution in [2.75, 3.05) is 10.2 Å². The van der Waals surface area contributed by atoms with Crippen molar-refractivity contribution in [1.82, 2.24) is 0 Å². The van der Waals surface area contributed by atoms with Gasteiger partial charge in [-0.05, 0) is 35.7 Å². The highest BCUT2D eigenvalue weighted by atomic mass is 32.2. The lowest BCUT2D eigenvalue weighted by Crippen LogP contribution is -2.29. The van der Waals surface area contributed by atoms with Gasteiger partial charge in [-0.15, -0.1) is 0 Å². The molecule has 8 heteroatoms. The Balaban J connectivity index is 1.71. The molecule has 0 saturated carbocycles. The van der Waals surface area contributed by atoms with Crippen LogP contribution in [0.5, 0.6) is 0 Å². The first-order valence-electron chi connectivity index (χ1n) is 8.27. The van der Waals surface area contributed by atoms with Crippen LogP contribution in [0, 0.1) is 0 Å². The van der Waals surface area contributed by atoms with Gasteiger partial charge in [-0.3, -0.25) is 14.1 Å². The molecule has 2 N–H and O–H groups in total. The van der Waals surface area contributed by atoms with Crippen molar-refractivity contribution >= 4 is 49.8 Å². The number of hydrogen-bond acceptors (Lipinski definition) is 5. The number of fused-ring (bicyclic) bond motifs is 1. The van der Waals surface area contributed by atoms with Gasteiger partial charge in [-0.1, -0.05) is 30.3 Å². The molecule has 3 aromatic carbocycles. The van der Waals surface area contributed by atoms with Crippen LogP contribution in [-0.4, -0.2) is 24.8 Å². The lowest BCUT2D eigenvalue weighted by Gasteiger charge is -2.16. The van der Waals surface area contributed by atoms with E-state index in [9.17, 15) is 22.6 Å². The third-order valence-corrected chi connectivity index (χ3v) is 5.31. The first-order chi connectivity index (χ1) is 13.3. The number of anilines is 3. The molecular weight excluding hydrogens is 380 g/mol. The molecule has 1 aliphatic rings. The number of carbonyl (C=O) groups is 2. The summed E-state index contributed by atoms with van der Waals surface area (Å²) in [6.45, 7) is 0. The molecule has 0 bridgehead atoms. The number of imide groups is 1. The predicted octanol–water partition coefficient (Wildman–Crippen LogP) is 3.26. The van der Waals surface area contributed by atoms with Gasteiger partial charge >= 0.3 is 0 Å². The zero-order chi connectivity index (χ0) is 19.9. The second kappa shape index (κ2) is 6.59. The van der Waals surface area contributed by atoms with Crippen LogP contribution in [0.4, 0.5) is 17.1 Å². The van der Waals surface area contributed by atoms with Crippen LogP contribution in [0.25, 0.3) is 10.8 Å². The van der Waals surface area contributed by atoms with Gasteiger partial charge < -0.3 is 5.32 Å². The molecule has 1 aliphatic heterocycles. The summed E-state index contributed by atoms with van der Waals surface area (Å²) in [5.41, 5.74) is 1.14. The van der Waals surface area contributed by atoms with Gasteiger partial charge in [0.25, 0.3) is 21.9 Å². The molecule has 0 atom stereocenters. The molecule has 4 rings (SSSR count). The standard InChI is InChI=1S/C20H14N2O5S/c23-18-11-12-19(24)22(18)15-8-6-14(7-9-15)21-17-10-5-13-3-1-2-4-16(13)20(17)28(25,26)27/h1-12,21H,(H,25,26,27). The van der Waals surface area contributed by atoms with E-state index >= 15 is 0 Å². The van der Waals surface area contributed by atoms with Crippen LogP contribution < -0.4 is 10.2 Å². The average Bonchev–Trinajstić information content (AvgIpc) is 2.99. The van der Waals surface area contributed by atoms with Crippen LogP contribution in [-0.2, 0) is 19.7 Å². The van der Waals surface area contributed by atoms with Gasteiger partial charge in [0.05, 0.1) is 11.4 Å². The summed E-state index contributed by atoms with van der Waals surface area (Å²) in [6.07, 6.45) is 2.39. The maximum atomic E-state index is 12.0. The van der Waals surface area contributed by atoms with Crippen molar-refractivity contribution in [3.63, 3.8) is 0 Å². The molecule has 0 aromatic heterocycles. The molecule has 28 heavy (non-hydrogen) atoms. The second-order valence-corrected chi connectivity index (χ2v) is 7.51. The number of nitrogens with one attached hydrogen (secondary N) is 1. The van der Waals surface area contributed by atoms with E-state index in [1.165, 1.54) is 12.2 Å². The Morgan fingerprint density at radius 2 is 1.46 bits per heavy atom. The number of benzene rings is 3. The summed E-state index contributed by atoms with van der Waals surface area (Å²) in [5.74, 6) is -0.845. The summed E-state index contributed by atoms with van der Waals surface area (Å²) in [4.78, 5) is 24.3. The van der Waals surface area contributed by atoms with E-state index in [1.54, 1.807) is 60.7 Å². The Morgan fingerprint density at radius 3 is 2.11 bits per heavy atom.